The van der Waals surface area contributed by atoms with Crippen LogP contribution in [0.15, 0.2) is 34.7 Å². The van der Waals surface area contributed by atoms with Crippen LogP contribution in [0, 0.1) is 5.92 Å². The number of hydrogen-bond donors (Lipinski definition) is 0. The highest BCUT2D eigenvalue weighted by molar-refractivity contribution is 5.81. The van der Waals surface area contributed by atoms with Gasteiger partial charge < -0.3 is 9.32 Å². The lowest BCUT2D eigenvalue weighted by molar-refractivity contribution is -0.133. The van der Waals surface area contributed by atoms with Gasteiger partial charge in [-0.3, -0.25) is 4.79 Å². The molecule has 4 heteroatoms. The van der Waals surface area contributed by atoms with E-state index in [2.05, 4.69) is 26.0 Å². The van der Waals surface area contributed by atoms with Gasteiger partial charge >= 0.3 is 0 Å². The van der Waals surface area contributed by atoms with E-state index in [0.717, 1.165) is 49.2 Å². The highest BCUT2D eigenvalue weighted by atomic mass is 16.4. The SMILES string of the molecule is CC(C)c1oc([C@H]2CCCN2C(=O)C2CC2)nc1-c1ccccc1. The molecule has 1 saturated carbocycles. The first kappa shape index (κ1) is 15.4. The van der Waals surface area contributed by atoms with Crippen LogP contribution in [-0.2, 0) is 4.79 Å². The molecule has 1 aliphatic heterocycles. The lowest BCUT2D eigenvalue weighted by Gasteiger charge is -2.22. The fourth-order valence-corrected chi connectivity index (χ4v) is 3.54. The summed E-state index contributed by atoms with van der Waals surface area (Å²) < 4.78 is 6.19. The molecule has 0 unspecified atom stereocenters. The molecule has 2 heterocycles. The first-order chi connectivity index (χ1) is 11.6. The van der Waals surface area contributed by atoms with Crippen molar-refractivity contribution >= 4 is 5.91 Å². The lowest BCUT2D eigenvalue weighted by Crippen LogP contribution is -2.31. The summed E-state index contributed by atoms with van der Waals surface area (Å²) in [6.45, 7) is 5.08. The lowest BCUT2D eigenvalue weighted by atomic mass is 10.0. The zero-order chi connectivity index (χ0) is 16.7. The third-order valence-corrected chi connectivity index (χ3v) is 4.99. The number of amides is 1. The van der Waals surface area contributed by atoms with Crippen molar-refractivity contribution in [1.29, 1.82) is 0 Å². The largest absolute Gasteiger partial charge is 0.442 e. The zero-order valence-electron chi connectivity index (χ0n) is 14.4. The molecule has 1 saturated heterocycles. The molecular formula is C20H24N2O2. The number of nitrogens with zero attached hydrogens (tertiary/aromatic N) is 2. The fourth-order valence-electron chi connectivity index (χ4n) is 3.54. The van der Waals surface area contributed by atoms with Gasteiger partial charge in [-0.05, 0) is 25.7 Å². The summed E-state index contributed by atoms with van der Waals surface area (Å²) in [5, 5.41) is 0. The van der Waals surface area contributed by atoms with E-state index in [9.17, 15) is 4.79 Å². The highest BCUT2D eigenvalue weighted by Crippen LogP contribution is 2.40. The summed E-state index contributed by atoms with van der Waals surface area (Å²) in [6.07, 6.45) is 4.06. The first-order valence-corrected chi connectivity index (χ1v) is 9.01. The fraction of sp³-hybridized carbons (Fsp3) is 0.500. The topological polar surface area (TPSA) is 46.3 Å². The Morgan fingerprint density at radius 3 is 2.62 bits per heavy atom. The first-order valence-electron chi connectivity index (χ1n) is 9.01. The van der Waals surface area contributed by atoms with Crippen molar-refractivity contribution in [3.63, 3.8) is 0 Å². The number of aromatic nitrogens is 1. The number of oxazole rings is 1. The molecule has 1 atom stereocenters. The van der Waals surface area contributed by atoms with E-state index < -0.39 is 0 Å². The number of carbonyl (C=O) groups is 1. The van der Waals surface area contributed by atoms with Crippen LogP contribution < -0.4 is 0 Å². The molecule has 0 radical (unpaired) electrons. The molecule has 1 aliphatic carbocycles. The van der Waals surface area contributed by atoms with Gasteiger partial charge in [0.25, 0.3) is 0 Å². The van der Waals surface area contributed by atoms with Crippen LogP contribution in [-0.4, -0.2) is 22.3 Å². The Labute approximate surface area is 142 Å². The van der Waals surface area contributed by atoms with E-state index in [1.165, 1.54) is 0 Å². The summed E-state index contributed by atoms with van der Waals surface area (Å²) in [7, 11) is 0. The number of carbonyl (C=O) groups excluding carboxylic acids is 1. The highest BCUT2D eigenvalue weighted by Gasteiger charge is 2.40. The van der Waals surface area contributed by atoms with Crippen LogP contribution in [0.2, 0.25) is 0 Å². The molecule has 1 aromatic heterocycles. The Hall–Kier alpha value is -2.10. The molecule has 0 spiro atoms. The van der Waals surface area contributed by atoms with E-state index in [1.807, 2.05) is 23.1 Å². The van der Waals surface area contributed by atoms with Crippen LogP contribution in [0.25, 0.3) is 11.3 Å². The van der Waals surface area contributed by atoms with Crippen molar-refractivity contribution in [1.82, 2.24) is 9.88 Å². The average molecular weight is 324 g/mol. The molecule has 1 aromatic carbocycles. The molecule has 4 nitrogen and oxygen atoms in total. The number of rotatable bonds is 4. The van der Waals surface area contributed by atoms with Gasteiger partial charge in [0.05, 0.1) is 0 Å². The molecule has 2 aromatic rings. The minimum absolute atomic E-state index is 0.00747. The maximum Gasteiger partial charge on any atom is 0.226 e. The molecule has 24 heavy (non-hydrogen) atoms. The van der Waals surface area contributed by atoms with Crippen LogP contribution in [0.4, 0.5) is 0 Å². The molecule has 4 rings (SSSR count). The van der Waals surface area contributed by atoms with Gasteiger partial charge in [-0.2, -0.15) is 0 Å². The monoisotopic (exact) mass is 324 g/mol. The molecular weight excluding hydrogens is 300 g/mol. The smallest absolute Gasteiger partial charge is 0.226 e. The van der Waals surface area contributed by atoms with Gasteiger partial charge in [0.1, 0.15) is 17.5 Å². The minimum atomic E-state index is 0.00747. The summed E-state index contributed by atoms with van der Waals surface area (Å²) in [6, 6.07) is 10.2. The summed E-state index contributed by atoms with van der Waals surface area (Å²) in [4.78, 5) is 19.4. The van der Waals surface area contributed by atoms with Crippen LogP contribution >= 0.6 is 0 Å². The predicted octanol–water partition coefficient (Wildman–Crippen LogP) is 4.54. The quantitative estimate of drug-likeness (QED) is 0.829. The minimum Gasteiger partial charge on any atom is -0.442 e. The number of hydrogen-bond acceptors (Lipinski definition) is 3. The van der Waals surface area contributed by atoms with Gasteiger partial charge in [-0.25, -0.2) is 4.98 Å². The zero-order valence-corrected chi connectivity index (χ0v) is 14.4. The Bertz CT molecular complexity index is 731. The third kappa shape index (κ3) is 2.74. The Morgan fingerprint density at radius 1 is 1.21 bits per heavy atom. The van der Waals surface area contributed by atoms with E-state index >= 15 is 0 Å². The summed E-state index contributed by atoms with van der Waals surface area (Å²) in [5.74, 6) is 2.43. The van der Waals surface area contributed by atoms with Gasteiger partial charge in [0.15, 0.2) is 0 Å². The standard InChI is InChI=1S/C20H24N2O2/c1-13(2)18-17(14-7-4-3-5-8-14)21-19(24-18)16-9-6-12-22(16)20(23)15-10-11-15/h3-5,7-8,13,15-16H,6,9-12H2,1-2H3/t16-/m1/s1. The Morgan fingerprint density at radius 2 is 1.96 bits per heavy atom. The molecule has 0 N–H and O–H groups in total. The molecule has 1 amide bonds. The average Bonchev–Trinajstić information content (AvgIpc) is 3.16. The van der Waals surface area contributed by atoms with Crippen molar-refractivity contribution in [2.75, 3.05) is 6.54 Å². The summed E-state index contributed by atoms with van der Waals surface area (Å²) in [5.41, 5.74) is 2.00. The normalized spacial score (nSPS) is 20.8. The van der Waals surface area contributed by atoms with Gasteiger partial charge in [0.2, 0.25) is 11.8 Å². The second kappa shape index (κ2) is 6.08. The van der Waals surface area contributed by atoms with Gasteiger partial charge in [0, 0.05) is 23.9 Å². The van der Waals surface area contributed by atoms with Crippen molar-refractivity contribution in [2.24, 2.45) is 5.92 Å². The molecule has 0 bridgehead atoms. The van der Waals surface area contributed by atoms with Gasteiger partial charge in [-0.1, -0.05) is 44.2 Å². The number of likely N-dealkylation sites (tertiary alicyclic amines) is 1. The predicted molar refractivity (Wildman–Crippen MR) is 92.4 cm³/mol. The van der Waals surface area contributed by atoms with Crippen molar-refractivity contribution in [2.45, 2.75) is 51.5 Å². The van der Waals surface area contributed by atoms with Crippen molar-refractivity contribution in [3.05, 3.63) is 42.0 Å². The van der Waals surface area contributed by atoms with E-state index in [1.54, 1.807) is 0 Å². The van der Waals surface area contributed by atoms with Gasteiger partial charge in [-0.15, -0.1) is 0 Å². The molecule has 2 aliphatic rings. The maximum absolute atomic E-state index is 12.5. The van der Waals surface area contributed by atoms with Crippen LogP contribution in [0.5, 0.6) is 0 Å². The van der Waals surface area contributed by atoms with E-state index in [4.69, 9.17) is 9.40 Å². The Kier molecular flexibility index (Phi) is 3.91. The molecule has 126 valence electrons. The Balaban J connectivity index is 1.69. The number of benzene rings is 1. The van der Waals surface area contributed by atoms with Crippen LogP contribution in [0.3, 0.4) is 0 Å². The second-order valence-electron chi connectivity index (χ2n) is 7.25. The second-order valence-corrected chi connectivity index (χ2v) is 7.25. The van der Waals surface area contributed by atoms with Crippen molar-refractivity contribution < 1.29 is 9.21 Å². The van der Waals surface area contributed by atoms with Crippen molar-refractivity contribution in [3.8, 4) is 11.3 Å². The van der Waals surface area contributed by atoms with Crippen LogP contribution in [0.1, 0.15) is 63.1 Å². The van der Waals surface area contributed by atoms with E-state index in [-0.39, 0.29) is 17.9 Å². The van der Waals surface area contributed by atoms with E-state index in [0.29, 0.717) is 11.8 Å². The molecule has 2 fully saturated rings. The third-order valence-electron chi connectivity index (χ3n) is 4.99. The maximum atomic E-state index is 12.5. The summed E-state index contributed by atoms with van der Waals surface area (Å²) >= 11 is 0.